The molecule has 1 aromatic heterocycles. The number of ether oxygens (including phenoxy) is 2. The standard InChI is InChI=1S/C35H37FN2O6/c1-5-28(21-33(39)25-8-12-27(36)13-9-25)37-32(35(40)41)20-24-6-14-29(15-7-24)42-19-18-31-23(4)44-34(38-31)26-10-16-30(17-11-26)43-22(2)3/h6-17,21-22,32,37H,5,18-20H2,1-4H3,(H,40,41)/b28-21-. The van der Waals surface area contributed by atoms with E-state index in [0.717, 1.165) is 28.3 Å². The Morgan fingerprint density at radius 2 is 1.66 bits per heavy atom. The van der Waals surface area contributed by atoms with Gasteiger partial charge >= 0.3 is 5.97 Å². The lowest BCUT2D eigenvalue weighted by molar-refractivity contribution is -0.139. The van der Waals surface area contributed by atoms with E-state index in [9.17, 15) is 19.1 Å². The smallest absolute Gasteiger partial charge is 0.326 e. The zero-order chi connectivity index (χ0) is 31.6. The number of allylic oxidation sites excluding steroid dienone is 2. The summed E-state index contributed by atoms with van der Waals surface area (Å²) >= 11 is 0. The van der Waals surface area contributed by atoms with E-state index in [1.54, 1.807) is 12.1 Å². The summed E-state index contributed by atoms with van der Waals surface area (Å²) in [5, 5.41) is 12.8. The molecule has 4 rings (SSSR count). The monoisotopic (exact) mass is 600 g/mol. The van der Waals surface area contributed by atoms with E-state index in [2.05, 4.69) is 10.3 Å². The number of nitrogens with one attached hydrogen (secondary N) is 1. The summed E-state index contributed by atoms with van der Waals surface area (Å²) in [6.45, 7) is 8.05. The number of oxazole rings is 1. The van der Waals surface area contributed by atoms with Gasteiger partial charge in [-0.05, 0) is 93.4 Å². The first-order chi connectivity index (χ1) is 21.1. The second-order valence-electron chi connectivity index (χ2n) is 10.6. The number of nitrogens with zero attached hydrogens (tertiary/aromatic N) is 1. The first-order valence-electron chi connectivity index (χ1n) is 14.6. The highest BCUT2D eigenvalue weighted by Gasteiger charge is 2.19. The van der Waals surface area contributed by atoms with Gasteiger partial charge in [-0.3, -0.25) is 4.79 Å². The third kappa shape index (κ3) is 9.04. The van der Waals surface area contributed by atoms with E-state index in [4.69, 9.17) is 13.9 Å². The van der Waals surface area contributed by atoms with E-state index in [0.29, 0.717) is 42.3 Å². The molecule has 0 radical (unpaired) electrons. The molecule has 1 unspecified atom stereocenters. The number of halogens is 1. The van der Waals surface area contributed by atoms with Crippen molar-refractivity contribution in [3.8, 4) is 23.0 Å². The van der Waals surface area contributed by atoms with Crippen molar-refractivity contribution in [1.82, 2.24) is 10.3 Å². The molecule has 2 N–H and O–H groups in total. The molecule has 4 aromatic rings. The van der Waals surface area contributed by atoms with Crippen molar-refractivity contribution in [3.63, 3.8) is 0 Å². The molecular formula is C35H37FN2O6. The zero-order valence-electron chi connectivity index (χ0n) is 25.3. The minimum Gasteiger partial charge on any atom is -0.493 e. The molecule has 8 nitrogen and oxygen atoms in total. The Morgan fingerprint density at radius 1 is 1.00 bits per heavy atom. The number of hydrogen-bond acceptors (Lipinski definition) is 7. The molecule has 0 amide bonds. The number of carbonyl (C=O) groups is 2. The van der Waals surface area contributed by atoms with Gasteiger partial charge in [0.15, 0.2) is 5.78 Å². The largest absolute Gasteiger partial charge is 0.493 e. The third-order valence-electron chi connectivity index (χ3n) is 6.81. The summed E-state index contributed by atoms with van der Waals surface area (Å²) < 4.78 is 30.7. The SMILES string of the molecule is CC/C(=C/C(=O)c1ccc(F)cc1)NC(Cc1ccc(OCCc2nc(-c3ccc(OC(C)C)cc3)oc2C)cc1)C(=O)O. The van der Waals surface area contributed by atoms with Gasteiger partial charge in [0.05, 0.1) is 18.4 Å². The molecule has 1 heterocycles. The number of benzene rings is 3. The highest BCUT2D eigenvalue weighted by Crippen LogP contribution is 2.25. The normalized spacial score (nSPS) is 12.2. The highest BCUT2D eigenvalue weighted by atomic mass is 19.1. The second kappa shape index (κ2) is 15.0. The molecule has 44 heavy (non-hydrogen) atoms. The number of aryl methyl sites for hydroxylation is 1. The Bertz CT molecular complexity index is 1580. The lowest BCUT2D eigenvalue weighted by Crippen LogP contribution is -2.38. The van der Waals surface area contributed by atoms with E-state index in [1.165, 1.54) is 30.3 Å². The quantitative estimate of drug-likeness (QED) is 0.111. The third-order valence-corrected chi connectivity index (χ3v) is 6.81. The molecule has 0 bridgehead atoms. The Balaban J connectivity index is 1.31. The second-order valence-corrected chi connectivity index (χ2v) is 10.6. The minimum atomic E-state index is -1.04. The van der Waals surface area contributed by atoms with Gasteiger partial charge in [-0.15, -0.1) is 0 Å². The van der Waals surface area contributed by atoms with Crippen molar-refractivity contribution in [2.75, 3.05) is 6.61 Å². The van der Waals surface area contributed by atoms with Crippen LogP contribution >= 0.6 is 0 Å². The van der Waals surface area contributed by atoms with Gasteiger partial charge in [-0.2, -0.15) is 0 Å². The van der Waals surface area contributed by atoms with Gasteiger partial charge in [-0.1, -0.05) is 19.1 Å². The molecular weight excluding hydrogens is 563 g/mol. The van der Waals surface area contributed by atoms with Crippen LogP contribution in [0, 0.1) is 12.7 Å². The van der Waals surface area contributed by atoms with E-state index in [-0.39, 0.29) is 18.3 Å². The lowest BCUT2D eigenvalue weighted by Gasteiger charge is -2.18. The maximum atomic E-state index is 13.2. The minimum absolute atomic E-state index is 0.0989. The molecule has 0 aliphatic heterocycles. The number of aromatic nitrogens is 1. The summed E-state index contributed by atoms with van der Waals surface area (Å²) in [6, 6.07) is 19.1. The molecule has 0 fully saturated rings. The summed E-state index contributed by atoms with van der Waals surface area (Å²) in [5.41, 5.74) is 3.27. The number of carboxylic acids is 1. The number of rotatable bonds is 15. The molecule has 0 saturated carbocycles. The van der Waals surface area contributed by atoms with E-state index in [1.807, 2.05) is 64.1 Å². The summed E-state index contributed by atoms with van der Waals surface area (Å²) in [6.07, 6.45) is 2.64. The number of carboxylic acid groups (broad SMARTS) is 1. The molecule has 9 heteroatoms. The molecule has 0 aliphatic rings. The Labute approximate surface area is 256 Å². The van der Waals surface area contributed by atoms with Crippen molar-refractivity contribution in [2.45, 2.75) is 59.1 Å². The maximum Gasteiger partial charge on any atom is 0.326 e. The van der Waals surface area contributed by atoms with Crippen molar-refractivity contribution in [3.05, 3.63) is 113 Å². The first kappa shape index (κ1) is 32.0. The molecule has 230 valence electrons. The number of aliphatic carboxylic acids is 1. The van der Waals surface area contributed by atoms with Crippen molar-refractivity contribution in [2.24, 2.45) is 0 Å². The fraction of sp³-hybridized carbons (Fsp3) is 0.286. The van der Waals surface area contributed by atoms with Crippen LogP contribution < -0.4 is 14.8 Å². The van der Waals surface area contributed by atoms with Crippen LogP contribution in [0.3, 0.4) is 0 Å². The van der Waals surface area contributed by atoms with Crippen molar-refractivity contribution in [1.29, 1.82) is 0 Å². The van der Waals surface area contributed by atoms with Crippen molar-refractivity contribution < 1.29 is 33.0 Å². The van der Waals surface area contributed by atoms with Crippen LogP contribution in [0.1, 0.15) is 54.6 Å². The van der Waals surface area contributed by atoms with Gasteiger partial charge in [0.2, 0.25) is 5.89 Å². The number of hydrogen-bond donors (Lipinski definition) is 2. The van der Waals surface area contributed by atoms with Crippen LogP contribution in [-0.4, -0.2) is 40.6 Å². The van der Waals surface area contributed by atoms with Gasteiger partial charge in [-0.25, -0.2) is 14.2 Å². The topological polar surface area (TPSA) is 111 Å². The molecule has 0 aliphatic carbocycles. The highest BCUT2D eigenvalue weighted by molar-refractivity contribution is 6.04. The summed E-state index contributed by atoms with van der Waals surface area (Å²) in [5.74, 6) is 0.905. The summed E-state index contributed by atoms with van der Waals surface area (Å²) in [7, 11) is 0. The van der Waals surface area contributed by atoms with Crippen LogP contribution in [0.4, 0.5) is 4.39 Å². The number of carbonyl (C=O) groups excluding carboxylic acids is 1. The van der Waals surface area contributed by atoms with Crippen LogP contribution in [0.25, 0.3) is 11.5 Å². The van der Waals surface area contributed by atoms with Gasteiger partial charge in [0.25, 0.3) is 0 Å². The van der Waals surface area contributed by atoms with Crippen LogP contribution in [-0.2, 0) is 17.6 Å². The Kier molecular flexibility index (Phi) is 10.9. The fourth-order valence-electron chi connectivity index (χ4n) is 4.48. The lowest BCUT2D eigenvalue weighted by atomic mass is 10.0. The summed E-state index contributed by atoms with van der Waals surface area (Å²) in [4.78, 5) is 29.2. The van der Waals surface area contributed by atoms with Crippen LogP contribution in [0.15, 0.2) is 89.0 Å². The zero-order valence-corrected chi connectivity index (χ0v) is 25.3. The average molecular weight is 601 g/mol. The van der Waals surface area contributed by atoms with Crippen LogP contribution in [0.5, 0.6) is 11.5 Å². The Hall–Kier alpha value is -4.92. The van der Waals surface area contributed by atoms with E-state index < -0.39 is 17.8 Å². The van der Waals surface area contributed by atoms with Gasteiger partial charge < -0.3 is 24.3 Å². The first-order valence-corrected chi connectivity index (χ1v) is 14.6. The predicted molar refractivity (Wildman–Crippen MR) is 165 cm³/mol. The van der Waals surface area contributed by atoms with Crippen LogP contribution in [0.2, 0.25) is 0 Å². The molecule has 1 atom stereocenters. The predicted octanol–water partition coefficient (Wildman–Crippen LogP) is 6.96. The Morgan fingerprint density at radius 3 is 2.27 bits per heavy atom. The van der Waals surface area contributed by atoms with Gasteiger partial charge in [0, 0.05) is 35.7 Å². The average Bonchev–Trinajstić information content (AvgIpc) is 3.37. The number of ketones is 1. The molecule has 0 spiro atoms. The van der Waals surface area contributed by atoms with Gasteiger partial charge in [0.1, 0.15) is 29.1 Å². The maximum absolute atomic E-state index is 13.2. The van der Waals surface area contributed by atoms with E-state index >= 15 is 0 Å². The fourth-order valence-corrected chi connectivity index (χ4v) is 4.48. The molecule has 0 saturated heterocycles. The molecule has 3 aromatic carbocycles. The van der Waals surface area contributed by atoms with Crippen molar-refractivity contribution >= 4 is 11.8 Å².